The Morgan fingerprint density at radius 1 is 0.906 bits per heavy atom. The second kappa shape index (κ2) is 11.7. The van der Waals surface area contributed by atoms with E-state index < -0.39 is 17.9 Å². The number of carbonyl (C=O) groups excluding carboxylic acids is 2. The number of carboxylic acid groups (broad SMARTS) is 1. The molecule has 4 N–H and O–H groups in total. The number of hydrogen-bond acceptors (Lipinski definition) is 3. The maximum absolute atomic E-state index is 12.2. The van der Waals surface area contributed by atoms with Gasteiger partial charge in [-0.05, 0) is 36.5 Å². The minimum Gasteiger partial charge on any atom is -0.480 e. The van der Waals surface area contributed by atoms with E-state index in [9.17, 15) is 19.5 Å². The summed E-state index contributed by atoms with van der Waals surface area (Å²) in [6.07, 6.45) is 5.93. The molecular formula is C25H29N3O4. The summed E-state index contributed by atoms with van der Waals surface area (Å²) in [5, 5.41) is 15.5. The lowest BCUT2D eigenvalue weighted by Gasteiger charge is -2.14. The van der Waals surface area contributed by atoms with Gasteiger partial charge in [0.2, 0.25) is 11.8 Å². The minimum atomic E-state index is -1.12. The summed E-state index contributed by atoms with van der Waals surface area (Å²) < 4.78 is 0. The molecule has 0 fully saturated rings. The Balaban J connectivity index is 1.36. The molecule has 0 aliphatic rings. The second-order valence-electron chi connectivity index (χ2n) is 7.84. The molecule has 0 unspecified atom stereocenters. The molecule has 0 radical (unpaired) electrons. The van der Waals surface area contributed by atoms with Crippen LogP contribution in [0.25, 0.3) is 10.9 Å². The molecule has 2 aromatic carbocycles. The molecule has 32 heavy (non-hydrogen) atoms. The number of carbonyl (C=O) groups is 3. The monoisotopic (exact) mass is 435 g/mol. The Kier molecular flexibility index (Phi) is 8.43. The zero-order valence-electron chi connectivity index (χ0n) is 18.0. The molecule has 3 aromatic rings. The van der Waals surface area contributed by atoms with Crippen molar-refractivity contribution in [2.24, 2.45) is 0 Å². The molecule has 168 valence electrons. The molecular weight excluding hydrogens is 406 g/mol. The van der Waals surface area contributed by atoms with Gasteiger partial charge in [-0.3, -0.25) is 9.59 Å². The maximum Gasteiger partial charge on any atom is 0.326 e. The van der Waals surface area contributed by atoms with Gasteiger partial charge >= 0.3 is 5.97 Å². The van der Waals surface area contributed by atoms with Crippen molar-refractivity contribution in [3.8, 4) is 0 Å². The van der Waals surface area contributed by atoms with Crippen LogP contribution in [-0.4, -0.2) is 40.5 Å². The van der Waals surface area contributed by atoms with Crippen LogP contribution in [0.5, 0.6) is 0 Å². The lowest BCUT2D eigenvalue weighted by molar-refractivity contribution is -0.141. The van der Waals surface area contributed by atoms with Gasteiger partial charge in [-0.25, -0.2) is 4.79 Å². The first-order valence-electron chi connectivity index (χ1n) is 10.9. The fourth-order valence-electron chi connectivity index (χ4n) is 3.67. The Bertz CT molecular complexity index is 1050. The zero-order chi connectivity index (χ0) is 22.8. The van der Waals surface area contributed by atoms with Crippen molar-refractivity contribution in [2.75, 3.05) is 6.54 Å². The standard InChI is InChI=1S/C25H29N3O4/c29-23(14-6-2-5-11-18-9-3-1-4-10-18)27-17-24(30)28-22(25(31)32)15-19-16-26-21-13-8-7-12-20(19)21/h1,3-4,7-10,12-13,16,22,26H,2,5-6,11,14-15,17H2,(H,27,29)(H,28,30)(H,31,32)/t22-/m0/s1. The first-order chi connectivity index (χ1) is 15.5. The van der Waals surface area contributed by atoms with Crippen LogP contribution in [0, 0.1) is 0 Å². The van der Waals surface area contributed by atoms with E-state index in [4.69, 9.17) is 0 Å². The highest BCUT2D eigenvalue weighted by Crippen LogP contribution is 2.19. The number of aliphatic carboxylic acids is 1. The first-order valence-corrected chi connectivity index (χ1v) is 10.9. The van der Waals surface area contributed by atoms with Crippen LogP contribution in [0.2, 0.25) is 0 Å². The fraction of sp³-hybridized carbons (Fsp3) is 0.320. The normalized spacial score (nSPS) is 11.8. The molecule has 0 aliphatic carbocycles. The van der Waals surface area contributed by atoms with Gasteiger partial charge in [0.15, 0.2) is 0 Å². The summed E-state index contributed by atoms with van der Waals surface area (Å²) >= 11 is 0. The van der Waals surface area contributed by atoms with Gasteiger partial charge in [-0.1, -0.05) is 55.0 Å². The molecule has 0 aliphatic heterocycles. The SMILES string of the molecule is O=C(CCCCCc1ccccc1)NCC(=O)N[C@@H](Cc1c[nH]c2ccccc12)C(=O)O. The highest BCUT2D eigenvalue weighted by atomic mass is 16.4. The lowest BCUT2D eigenvalue weighted by Crippen LogP contribution is -2.46. The van der Waals surface area contributed by atoms with Crippen molar-refractivity contribution in [3.63, 3.8) is 0 Å². The first kappa shape index (κ1) is 23.1. The van der Waals surface area contributed by atoms with E-state index in [2.05, 4.69) is 27.8 Å². The predicted octanol–water partition coefficient (Wildman–Crippen LogP) is 3.20. The summed E-state index contributed by atoms with van der Waals surface area (Å²) in [7, 11) is 0. The molecule has 0 bridgehead atoms. The number of hydrogen-bond donors (Lipinski definition) is 4. The van der Waals surface area contributed by atoms with Crippen LogP contribution >= 0.6 is 0 Å². The number of amides is 2. The summed E-state index contributed by atoms with van der Waals surface area (Å²) in [4.78, 5) is 38.9. The number of benzene rings is 2. The number of aromatic nitrogens is 1. The van der Waals surface area contributed by atoms with Crippen LogP contribution in [0.4, 0.5) is 0 Å². The number of rotatable bonds is 12. The van der Waals surface area contributed by atoms with Crippen LogP contribution < -0.4 is 10.6 Å². The zero-order valence-corrected chi connectivity index (χ0v) is 18.0. The summed E-state index contributed by atoms with van der Waals surface area (Å²) in [5.41, 5.74) is 3.01. The highest BCUT2D eigenvalue weighted by Gasteiger charge is 2.22. The second-order valence-corrected chi connectivity index (χ2v) is 7.84. The van der Waals surface area contributed by atoms with Crippen LogP contribution in [0.1, 0.15) is 36.8 Å². The maximum atomic E-state index is 12.2. The minimum absolute atomic E-state index is 0.153. The molecule has 3 rings (SSSR count). The Labute approximate surface area is 187 Å². The largest absolute Gasteiger partial charge is 0.480 e. The summed E-state index contributed by atoms with van der Waals surface area (Å²) in [5.74, 6) is -1.84. The lowest BCUT2D eigenvalue weighted by atomic mass is 10.0. The van der Waals surface area contributed by atoms with Gasteiger partial charge in [-0.15, -0.1) is 0 Å². The van der Waals surface area contributed by atoms with Crippen LogP contribution in [0.3, 0.4) is 0 Å². The molecule has 7 nitrogen and oxygen atoms in total. The van der Waals surface area contributed by atoms with Crippen molar-refractivity contribution < 1.29 is 19.5 Å². The van der Waals surface area contributed by atoms with Gasteiger partial charge in [0.05, 0.1) is 6.54 Å². The van der Waals surface area contributed by atoms with Crippen molar-refractivity contribution >= 4 is 28.7 Å². The average molecular weight is 436 g/mol. The molecule has 0 spiro atoms. The quantitative estimate of drug-likeness (QED) is 0.327. The van der Waals surface area contributed by atoms with E-state index in [1.165, 1.54) is 5.56 Å². The third-order valence-corrected chi connectivity index (χ3v) is 5.39. The van der Waals surface area contributed by atoms with E-state index in [-0.39, 0.29) is 18.9 Å². The number of H-pyrrole nitrogens is 1. The van der Waals surface area contributed by atoms with Crippen molar-refractivity contribution in [3.05, 3.63) is 71.9 Å². The van der Waals surface area contributed by atoms with Crippen LogP contribution in [0.15, 0.2) is 60.8 Å². The number of unbranched alkanes of at least 4 members (excludes halogenated alkanes) is 2. The van der Waals surface area contributed by atoms with E-state index in [1.54, 1.807) is 6.20 Å². The van der Waals surface area contributed by atoms with Crippen molar-refractivity contribution in [2.45, 2.75) is 44.6 Å². The number of aromatic amines is 1. The molecule has 0 saturated carbocycles. The highest BCUT2D eigenvalue weighted by molar-refractivity contribution is 5.89. The van der Waals surface area contributed by atoms with Gasteiger partial charge < -0.3 is 20.7 Å². The Hall–Kier alpha value is -3.61. The smallest absolute Gasteiger partial charge is 0.326 e. The molecule has 2 amide bonds. The van der Waals surface area contributed by atoms with Gasteiger partial charge in [0.1, 0.15) is 6.04 Å². The van der Waals surface area contributed by atoms with E-state index in [1.807, 2.05) is 42.5 Å². The number of aryl methyl sites for hydroxylation is 1. The van der Waals surface area contributed by atoms with Crippen molar-refractivity contribution in [1.29, 1.82) is 0 Å². The third-order valence-electron chi connectivity index (χ3n) is 5.39. The summed E-state index contributed by atoms with van der Waals surface area (Å²) in [6, 6.07) is 16.7. The Morgan fingerprint density at radius 3 is 2.44 bits per heavy atom. The van der Waals surface area contributed by atoms with Gasteiger partial charge in [0.25, 0.3) is 0 Å². The fourth-order valence-corrected chi connectivity index (χ4v) is 3.67. The van der Waals surface area contributed by atoms with E-state index in [0.717, 1.165) is 42.1 Å². The molecule has 1 atom stereocenters. The van der Waals surface area contributed by atoms with Crippen molar-refractivity contribution in [1.82, 2.24) is 15.6 Å². The summed E-state index contributed by atoms with van der Waals surface area (Å²) in [6.45, 7) is -0.236. The topological polar surface area (TPSA) is 111 Å². The van der Waals surface area contributed by atoms with Crippen LogP contribution in [-0.2, 0) is 27.2 Å². The molecule has 0 saturated heterocycles. The number of fused-ring (bicyclic) bond motifs is 1. The third kappa shape index (κ3) is 6.97. The number of nitrogens with one attached hydrogen (secondary N) is 3. The molecule has 1 heterocycles. The average Bonchev–Trinajstić information content (AvgIpc) is 3.20. The van der Waals surface area contributed by atoms with Gasteiger partial charge in [-0.2, -0.15) is 0 Å². The van der Waals surface area contributed by atoms with E-state index >= 15 is 0 Å². The Morgan fingerprint density at radius 2 is 1.66 bits per heavy atom. The molecule has 7 heteroatoms. The predicted molar refractivity (Wildman–Crippen MR) is 123 cm³/mol. The van der Waals surface area contributed by atoms with E-state index in [0.29, 0.717) is 6.42 Å². The molecule has 1 aromatic heterocycles. The number of para-hydroxylation sites is 1. The number of carboxylic acids is 1. The van der Waals surface area contributed by atoms with Gasteiger partial charge in [0, 0.05) is 29.9 Å².